The number of carbonyl (C=O) groups is 1. The van der Waals surface area contributed by atoms with E-state index in [0.717, 1.165) is 17.1 Å². The lowest BCUT2D eigenvalue weighted by molar-refractivity contribution is -0.0882. The number of esters is 1. The molecular formula is C23H22O5. The summed E-state index contributed by atoms with van der Waals surface area (Å²) in [4.78, 5) is 12.4. The lowest BCUT2D eigenvalue weighted by Gasteiger charge is -2.16. The average molecular weight is 378 g/mol. The first-order chi connectivity index (χ1) is 13.7. The first-order valence-corrected chi connectivity index (χ1v) is 8.87. The fraction of sp³-hybridized carbons (Fsp3) is 0.174. The average Bonchev–Trinajstić information content (AvgIpc) is 2.75. The van der Waals surface area contributed by atoms with Crippen molar-refractivity contribution in [2.45, 2.75) is 12.7 Å². The fourth-order valence-electron chi connectivity index (χ4n) is 2.60. The van der Waals surface area contributed by atoms with Crippen LogP contribution in [-0.4, -0.2) is 26.5 Å². The molecule has 0 aromatic heterocycles. The van der Waals surface area contributed by atoms with Gasteiger partial charge in [-0.05, 0) is 54.1 Å². The number of rotatable bonds is 8. The summed E-state index contributed by atoms with van der Waals surface area (Å²) < 4.78 is 21.6. The number of ether oxygens (including phenoxy) is 4. The highest BCUT2D eigenvalue weighted by atomic mass is 16.7. The number of carbonyl (C=O) groups excluding carboxylic acids is 1. The van der Waals surface area contributed by atoms with Gasteiger partial charge in [0.15, 0.2) is 0 Å². The molecule has 0 radical (unpaired) electrons. The second-order valence-electron chi connectivity index (χ2n) is 6.06. The van der Waals surface area contributed by atoms with Crippen molar-refractivity contribution in [2.24, 2.45) is 0 Å². The van der Waals surface area contributed by atoms with Gasteiger partial charge in [-0.25, -0.2) is 4.79 Å². The number of hydrogen-bond donors (Lipinski definition) is 0. The second kappa shape index (κ2) is 9.58. The highest BCUT2D eigenvalue weighted by Crippen LogP contribution is 2.22. The van der Waals surface area contributed by atoms with E-state index in [4.69, 9.17) is 18.9 Å². The third-order valence-electron chi connectivity index (χ3n) is 4.13. The Morgan fingerprint density at radius 3 is 2.00 bits per heavy atom. The van der Waals surface area contributed by atoms with E-state index in [1.165, 1.54) is 7.11 Å². The number of methoxy groups -OCH3 is 2. The lowest BCUT2D eigenvalue weighted by atomic mass is 10.1. The van der Waals surface area contributed by atoms with Gasteiger partial charge in [-0.1, -0.05) is 30.3 Å². The van der Waals surface area contributed by atoms with Crippen LogP contribution in [0.15, 0.2) is 78.9 Å². The second-order valence-corrected chi connectivity index (χ2v) is 6.06. The van der Waals surface area contributed by atoms with Crippen LogP contribution in [0.25, 0.3) is 0 Å². The monoisotopic (exact) mass is 378 g/mol. The molecule has 0 fully saturated rings. The van der Waals surface area contributed by atoms with Crippen molar-refractivity contribution >= 4 is 5.97 Å². The van der Waals surface area contributed by atoms with Crippen molar-refractivity contribution in [3.63, 3.8) is 0 Å². The van der Waals surface area contributed by atoms with Gasteiger partial charge in [0.1, 0.15) is 17.2 Å². The number of hydrogen-bond acceptors (Lipinski definition) is 5. The van der Waals surface area contributed by atoms with Crippen LogP contribution in [-0.2, 0) is 15.9 Å². The molecule has 0 saturated heterocycles. The molecule has 0 aliphatic carbocycles. The van der Waals surface area contributed by atoms with Crippen molar-refractivity contribution in [3.8, 4) is 17.2 Å². The largest absolute Gasteiger partial charge is 0.497 e. The van der Waals surface area contributed by atoms with Gasteiger partial charge < -0.3 is 18.9 Å². The van der Waals surface area contributed by atoms with Gasteiger partial charge >= 0.3 is 5.97 Å². The quantitative estimate of drug-likeness (QED) is 0.414. The normalized spacial score (nSPS) is 11.5. The van der Waals surface area contributed by atoms with Crippen molar-refractivity contribution < 1.29 is 23.7 Å². The zero-order valence-electron chi connectivity index (χ0n) is 15.8. The molecule has 5 nitrogen and oxygen atoms in total. The van der Waals surface area contributed by atoms with Crippen LogP contribution in [0.1, 0.15) is 15.9 Å². The van der Waals surface area contributed by atoms with Crippen molar-refractivity contribution in [2.75, 3.05) is 14.2 Å². The highest BCUT2D eigenvalue weighted by molar-refractivity contribution is 5.89. The van der Waals surface area contributed by atoms with Crippen LogP contribution in [0.5, 0.6) is 17.2 Å². The summed E-state index contributed by atoms with van der Waals surface area (Å²) in [5, 5.41) is 0. The number of para-hydroxylation sites is 1. The van der Waals surface area contributed by atoms with E-state index < -0.39 is 12.3 Å². The molecule has 5 heteroatoms. The summed E-state index contributed by atoms with van der Waals surface area (Å²) in [6, 6.07) is 23.8. The predicted molar refractivity (Wildman–Crippen MR) is 106 cm³/mol. The van der Waals surface area contributed by atoms with Gasteiger partial charge in [0.2, 0.25) is 6.29 Å². The Labute approximate surface area is 164 Å². The van der Waals surface area contributed by atoms with Crippen LogP contribution in [0.3, 0.4) is 0 Å². The summed E-state index contributed by atoms with van der Waals surface area (Å²) in [6.07, 6.45) is -0.234. The van der Waals surface area contributed by atoms with Crippen molar-refractivity contribution in [1.29, 1.82) is 0 Å². The molecule has 0 aliphatic rings. The highest BCUT2D eigenvalue weighted by Gasteiger charge is 2.16. The topological polar surface area (TPSA) is 54.0 Å². The third kappa shape index (κ3) is 5.34. The lowest BCUT2D eigenvalue weighted by Crippen LogP contribution is -2.22. The molecule has 28 heavy (non-hydrogen) atoms. The summed E-state index contributed by atoms with van der Waals surface area (Å²) in [5.74, 6) is 1.69. The summed E-state index contributed by atoms with van der Waals surface area (Å²) >= 11 is 0. The molecule has 3 aromatic rings. The van der Waals surface area contributed by atoms with Crippen LogP contribution >= 0.6 is 0 Å². The molecule has 0 bridgehead atoms. The summed E-state index contributed by atoms with van der Waals surface area (Å²) in [7, 11) is 3.13. The Morgan fingerprint density at radius 2 is 1.39 bits per heavy atom. The van der Waals surface area contributed by atoms with E-state index in [9.17, 15) is 4.79 Å². The molecule has 0 aliphatic heterocycles. The van der Waals surface area contributed by atoms with Gasteiger partial charge in [0.25, 0.3) is 0 Å². The predicted octanol–water partition coefficient (Wildman–Crippen LogP) is 4.86. The molecular weight excluding hydrogens is 356 g/mol. The molecule has 0 N–H and O–H groups in total. The summed E-state index contributed by atoms with van der Waals surface area (Å²) in [5.41, 5.74) is 1.41. The van der Waals surface area contributed by atoms with Gasteiger partial charge in [-0.15, -0.1) is 0 Å². The van der Waals surface area contributed by atoms with E-state index in [-0.39, 0.29) is 0 Å². The molecule has 144 valence electrons. The standard InChI is InChI=1S/C23H22O5/c1-25-19-12-8-17(9-13-19)16-22(26-2)28-23(24)18-10-14-21(15-11-18)27-20-6-4-3-5-7-20/h3-15,22H,16H2,1-2H3. The maximum absolute atomic E-state index is 12.4. The molecule has 3 rings (SSSR count). The molecule has 0 heterocycles. The van der Waals surface area contributed by atoms with E-state index in [2.05, 4.69) is 0 Å². The molecule has 0 spiro atoms. The summed E-state index contributed by atoms with van der Waals surface area (Å²) in [6.45, 7) is 0. The first kappa shape index (κ1) is 19.5. The smallest absolute Gasteiger partial charge is 0.340 e. The molecule has 3 aromatic carbocycles. The Bertz CT molecular complexity index is 873. The molecule has 1 atom stereocenters. The molecule has 1 unspecified atom stereocenters. The van der Waals surface area contributed by atoms with Crippen LogP contribution in [0, 0.1) is 0 Å². The van der Waals surface area contributed by atoms with E-state index in [1.54, 1.807) is 31.4 Å². The minimum absolute atomic E-state index is 0.428. The Kier molecular flexibility index (Phi) is 6.65. The maximum atomic E-state index is 12.4. The van der Waals surface area contributed by atoms with Crippen LogP contribution in [0.4, 0.5) is 0 Å². The minimum atomic E-state index is -0.679. The van der Waals surface area contributed by atoms with E-state index in [1.807, 2.05) is 54.6 Å². The van der Waals surface area contributed by atoms with Gasteiger partial charge in [0.05, 0.1) is 12.7 Å². The van der Waals surface area contributed by atoms with Gasteiger partial charge in [-0.2, -0.15) is 0 Å². The Balaban J connectivity index is 1.59. The van der Waals surface area contributed by atoms with Crippen molar-refractivity contribution in [1.82, 2.24) is 0 Å². The Morgan fingerprint density at radius 1 is 0.786 bits per heavy atom. The zero-order valence-corrected chi connectivity index (χ0v) is 15.8. The molecule has 0 saturated carbocycles. The first-order valence-electron chi connectivity index (χ1n) is 8.87. The Hall–Kier alpha value is -3.31. The van der Waals surface area contributed by atoms with Crippen LogP contribution < -0.4 is 9.47 Å². The van der Waals surface area contributed by atoms with Crippen molar-refractivity contribution in [3.05, 3.63) is 90.0 Å². The van der Waals surface area contributed by atoms with E-state index >= 15 is 0 Å². The zero-order chi connectivity index (χ0) is 19.8. The minimum Gasteiger partial charge on any atom is -0.497 e. The van der Waals surface area contributed by atoms with Crippen LogP contribution in [0.2, 0.25) is 0 Å². The third-order valence-corrected chi connectivity index (χ3v) is 4.13. The maximum Gasteiger partial charge on any atom is 0.340 e. The SMILES string of the molecule is COc1ccc(CC(OC)OC(=O)c2ccc(Oc3ccccc3)cc2)cc1. The number of benzene rings is 3. The fourth-order valence-corrected chi connectivity index (χ4v) is 2.60. The van der Waals surface area contributed by atoms with E-state index in [0.29, 0.717) is 17.7 Å². The van der Waals surface area contributed by atoms with Gasteiger partial charge in [-0.3, -0.25) is 0 Å². The van der Waals surface area contributed by atoms with Gasteiger partial charge in [0, 0.05) is 13.5 Å². The molecule has 0 amide bonds.